The maximum absolute atomic E-state index is 12.9. The molecule has 0 spiro atoms. The van der Waals surface area contributed by atoms with Gasteiger partial charge in [0.1, 0.15) is 16.5 Å². The summed E-state index contributed by atoms with van der Waals surface area (Å²) in [6, 6.07) is 5.43. The van der Waals surface area contributed by atoms with Gasteiger partial charge < -0.3 is 14.0 Å². The Bertz CT molecular complexity index is 1200. The van der Waals surface area contributed by atoms with Crippen molar-refractivity contribution in [3.63, 3.8) is 0 Å². The Hall–Kier alpha value is -2.62. The fourth-order valence-corrected chi connectivity index (χ4v) is 5.11. The van der Waals surface area contributed by atoms with Crippen LogP contribution in [-0.4, -0.2) is 52.0 Å². The predicted molar refractivity (Wildman–Crippen MR) is 127 cm³/mol. The first-order valence-corrected chi connectivity index (χ1v) is 12.0. The molecule has 0 atom stereocenters. The van der Waals surface area contributed by atoms with Gasteiger partial charge in [-0.2, -0.15) is 5.10 Å². The van der Waals surface area contributed by atoms with Crippen LogP contribution in [0.25, 0.3) is 0 Å². The Morgan fingerprint density at radius 1 is 1.30 bits per heavy atom. The summed E-state index contributed by atoms with van der Waals surface area (Å²) < 4.78 is 14.3. The molecular formula is C23H27ClN4O4S. The van der Waals surface area contributed by atoms with E-state index in [0.29, 0.717) is 62.0 Å². The molecule has 33 heavy (non-hydrogen) atoms. The second kappa shape index (κ2) is 10.1. The molecule has 0 aliphatic carbocycles. The van der Waals surface area contributed by atoms with E-state index in [9.17, 15) is 9.59 Å². The highest BCUT2D eigenvalue weighted by molar-refractivity contribution is 7.09. The van der Waals surface area contributed by atoms with Crippen LogP contribution in [0.4, 0.5) is 0 Å². The van der Waals surface area contributed by atoms with Crippen molar-refractivity contribution in [2.24, 2.45) is 7.05 Å². The van der Waals surface area contributed by atoms with Crippen molar-refractivity contribution in [3.05, 3.63) is 66.5 Å². The summed E-state index contributed by atoms with van der Waals surface area (Å²) in [4.78, 5) is 29.1. The number of hydrogen-bond acceptors (Lipinski definition) is 7. The zero-order valence-electron chi connectivity index (χ0n) is 19.0. The number of nitrogens with zero attached hydrogens (tertiary/aromatic N) is 4. The molecule has 1 aliphatic heterocycles. The number of rotatable bonds is 7. The molecule has 1 aliphatic rings. The number of pyridine rings is 1. The van der Waals surface area contributed by atoms with Crippen LogP contribution in [0.2, 0.25) is 5.15 Å². The van der Waals surface area contributed by atoms with Gasteiger partial charge in [0, 0.05) is 68.3 Å². The van der Waals surface area contributed by atoms with Crippen molar-refractivity contribution in [1.82, 2.24) is 19.2 Å². The molecular weight excluding hydrogens is 464 g/mol. The largest absolute Gasteiger partial charge is 0.492 e. The number of halogens is 1. The number of methoxy groups -OCH3 is 1. The average Bonchev–Trinajstić information content (AvgIpc) is 3.32. The Morgan fingerprint density at radius 3 is 2.79 bits per heavy atom. The van der Waals surface area contributed by atoms with E-state index in [1.165, 1.54) is 18.1 Å². The lowest BCUT2D eigenvalue weighted by atomic mass is 10.1. The highest BCUT2D eigenvalue weighted by atomic mass is 35.5. The van der Waals surface area contributed by atoms with Crippen LogP contribution in [0.3, 0.4) is 0 Å². The third-order valence-corrected chi connectivity index (χ3v) is 7.32. The summed E-state index contributed by atoms with van der Waals surface area (Å²) in [6.45, 7) is 4.71. The summed E-state index contributed by atoms with van der Waals surface area (Å²) in [5.41, 5.74) is 2.67. The van der Waals surface area contributed by atoms with Gasteiger partial charge in [-0.3, -0.25) is 14.4 Å². The van der Waals surface area contributed by atoms with Gasteiger partial charge in [0.25, 0.3) is 5.56 Å². The van der Waals surface area contributed by atoms with E-state index < -0.39 is 5.97 Å². The van der Waals surface area contributed by atoms with E-state index in [4.69, 9.17) is 21.1 Å². The molecule has 8 nitrogen and oxygen atoms in total. The second-order valence-corrected chi connectivity index (χ2v) is 9.38. The van der Waals surface area contributed by atoms with Crippen molar-refractivity contribution in [1.29, 1.82) is 0 Å². The van der Waals surface area contributed by atoms with Gasteiger partial charge in [-0.1, -0.05) is 17.7 Å². The number of hydrogen-bond donors (Lipinski definition) is 0. The standard InChI is InChI=1S/C23H27ClN4O4S/c1-15-17(22(24)26(2)25-15)14-27-8-6-18-21(23(30)31-3)19(13-20(29)28(18)10-9-27)32-11-7-16-5-4-12-33-16/h4-5,12-13H,6-11,14H2,1-3H3. The lowest BCUT2D eigenvalue weighted by Gasteiger charge is -2.19. The Balaban J connectivity index is 1.58. The Kier molecular flexibility index (Phi) is 7.21. The lowest BCUT2D eigenvalue weighted by Crippen LogP contribution is -2.29. The van der Waals surface area contributed by atoms with Gasteiger partial charge in [-0.05, 0) is 18.4 Å². The molecule has 0 bridgehead atoms. The molecule has 3 aromatic rings. The Labute approximate surface area is 201 Å². The number of thiophene rings is 1. The molecule has 3 aromatic heterocycles. The van der Waals surface area contributed by atoms with Gasteiger partial charge in [0.05, 0.1) is 19.4 Å². The molecule has 0 saturated heterocycles. The maximum Gasteiger partial charge on any atom is 0.343 e. The summed E-state index contributed by atoms with van der Waals surface area (Å²) in [7, 11) is 3.16. The summed E-state index contributed by atoms with van der Waals surface area (Å²) in [6.07, 6.45) is 1.22. The monoisotopic (exact) mass is 490 g/mol. The maximum atomic E-state index is 12.9. The molecule has 0 N–H and O–H groups in total. The number of carbonyl (C=O) groups is 1. The number of aromatic nitrogens is 3. The van der Waals surface area contributed by atoms with Gasteiger partial charge in [0.2, 0.25) is 0 Å². The van der Waals surface area contributed by atoms with Gasteiger partial charge >= 0.3 is 5.97 Å². The minimum absolute atomic E-state index is 0.179. The quantitative estimate of drug-likeness (QED) is 0.474. The fraction of sp³-hybridized carbons (Fsp3) is 0.435. The van der Waals surface area contributed by atoms with Crippen LogP contribution in [-0.2, 0) is 37.7 Å². The minimum atomic E-state index is -0.496. The number of carbonyl (C=O) groups excluding carboxylic acids is 1. The molecule has 4 rings (SSSR count). The van der Waals surface area contributed by atoms with Gasteiger partial charge in [-0.15, -0.1) is 11.3 Å². The molecule has 0 unspecified atom stereocenters. The predicted octanol–water partition coefficient (Wildman–Crippen LogP) is 3.07. The van der Waals surface area contributed by atoms with Crippen molar-refractivity contribution < 1.29 is 14.3 Å². The molecule has 0 amide bonds. The molecule has 176 valence electrons. The SMILES string of the molecule is COC(=O)c1c(OCCc2cccs2)cc(=O)n2c1CCN(Cc1c(C)nn(C)c1Cl)CC2. The zero-order valence-corrected chi connectivity index (χ0v) is 20.5. The number of esters is 1. The van der Waals surface area contributed by atoms with Crippen LogP contribution in [0.1, 0.15) is 32.2 Å². The highest BCUT2D eigenvalue weighted by Gasteiger charge is 2.27. The number of ether oxygens (including phenoxy) is 2. The molecule has 0 saturated carbocycles. The van der Waals surface area contributed by atoms with Crippen molar-refractivity contribution in [2.75, 3.05) is 26.8 Å². The van der Waals surface area contributed by atoms with E-state index >= 15 is 0 Å². The first-order valence-electron chi connectivity index (χ1n) is 10.8. The minimum Gasteiger partial charge on any atom is -0.492 e. The first-order chi connectivity index (χ1) is 15.9. The summed E-state index contributed by atoms with van der Waals surface area (Å²) >= 11 is 8.07. The van der Waals surface area contributed by atoms with Crippen LogP contribution >= 0.6 is 22.9 Å². The normalized spacial score (nSPS) is 14.1. The fourth-order valence-electron chi connectivity index (χ4n) is 4.18. The average molecular weight is 491 g/mol. The molecule has 10 heteroatoms. The number of fused-ring (bicyclic) bond motifs is 1. The zero-order chi connectivity index (χ0) is 23.5. The highest BCUT2D eigenvalue weighted by Crippen LogP contribution is 2.26. The van der Waals surface area contributed by atoms with Crippen LogP contribution in [0.15, 0.2) is 28.4 Å². The van der Waals surface area contributed by atoms with Gasteiger partial charge in [-0.25, -0.2) is 4.79 Å². The van der Waals surface area contributed by atoms with Crippen LogP contribution in [0, 0.1) is 6.92 Å². The molecule has 0 aromatic carbocycles. The van der Waals surface area contributed by atoms with E-state index in [1.54, 1.807) is 20.6 Å². The smallest absolute Gasteiger partial charge is 0.343 e. The van der Waals surface area contributed by atoms with E-state index in [-0.39, 0.29) is 11.3 Å². The van der Waals surface area contributed by atoms with E-state index in [2.05, 4.69) is 10.00 Å². The lowest BCUT2D eigenvalue weighted by molar-refractivity contribution is 0.0593. The summed E-state index contributed by atoms with van der Waals surface area (Å²) in [5, 5.41) is 7.01. The molecule has 0 radical (unpaired) electrons. The van der Waals surface area contributed by atoms with Crippen LogP contribution in [0.5, 0.6) is 5.75 Å². The summed E-state index contributed by atoms with van der Waals surface area (Å²) in [5.74, 6) is -0.210. The van der Waals surface area contributed by atoms with Gasteiger partial charge in [0.15, 0.2) is 0 Å². The first kappa shape index (κ1) is 23.5. The Morgan fingerprint density at radius 2 is 2.12 bits per heavy atom. The molecule has 4 heterocycles. The topological polar surface area (TPSA) is 78.6 Å². The van der Waals surface area contributed by atoms with Crippen molar-refractivity contribution in [2.45, 2.75) is 32.9 Å². The molecule has 0 fully saturated rings. The van der Waals surface area contributed by atoms with Crippen molar-refractivity contribution >= 4 is 28.9 Å². The third-order valence-electron chi connectivity index (χ3n) is 5.91. The van der Waals surface area contributed by atoms with Crippen LogP contribution < -0.4 is 10.3 Å². The van der Waals surface area contributed by atoms with Crippen molar-refractivity contribution in [3.8, 4) is 5.75 Å². The third kappa shape index (κ3) is 5.00. The number of aryl methyl sites for hydroxylation is 2. The van der Waals surface area contributed by atoms with E-state index in [1.807, 2.05) is 31.5 Å². The van der Waals surface area contributed by atoms with E-state index in [0.717, 1.165) is 11.3 Å². The second-order valence-electron chi connectivity index (χ2n) is 7.99.